The number of aromatic amines is 1. The Morgan fingerprint density at radius 1 is 1.20 bits per heavy atom. The van der Waals surface area contributed by atoms with Gasteiger partial charge in [0.2, 0.25) is 0 Å². The van der Waals surface area contributed by atoms with Crippen LogP contribution < -0.4 is 10.6 Å². The lowest BCUT2D eigenvalue weighted by Gasteiger charge is -2.25. The summed E-state index contributed by atoms with van der Waals surface area (Å²) in [7, 11) is 0. The van der Waals surface area contributed by atoms with Crippen LogP contribution in [0.4, 0.5) is 11.6 Å². The molecule has 3 N–H and O–H groups in total. The Morgan fingerprint density at radius 3 is 2.80 bits per heavy atom. The van der Waals surface area contributed by atoms with Gasteiger partial charge in [0, 0.05) is 14.0 Å². The van der Waals surface area contributed by atoms with Crippen LogP contribution in [0.1, 0.15) is 21.3 Å². The van der Waals surface area contributed by atoms with E-state index in [2.05, 4.69) is 35.8 Å². The number of aryl methyl sites for hydroxylation is 1. The van der Waals surface area contributed by atoms with Gasteiger partial charge in [-0.3, -0.25) is 9.89 Å². The molecule has 0 unspecified atom stereocenters. The van der Waals surface area contributed by atoms with Crippen LogP contribution in [0, 0.1) is 6.92 Å². The average molecular weight is 337 g/mol. The van der Waals surface area contributed by atoms with Crippen molar-refractivity contribution in [3.8, 4) is 22.6 Å². The quantitative estimate of drug-likeness (QED) is 0.663. The zero-order chi connectivity index (χ0) is 17.0. The number of hydrogen-bond donors (Lipinski definition) is 3. The van der Waals surface area contributed by atoms with Crippen LogP contribution in [-0.2, 0) is 4.79 Å². The van der Waals surface area contributed by atoms with E-state index in [0.29, 0.717) is 11.6 Å². The van der Waals surface area contributed by atoms with Gasteiger partial charge in [0.05, 0.1) is 11.9 Å². The minimum atomic E-state index is -0.481. The molecule has 0 saturated heterocycles. The standard InChI is InChI=1S/C17H15N7O.2H2/c1-9-6-10(13-19-8-20-24-13)2-3-11(9)12-7-18-14-15(21-12)23-17(4-5-17)16(25)22-14;;/h2-3,6-8H,4-5H2,1H3,(H,21,23)(H,18,22,25)(H,19,20,24);2*1H. The summed E-state index contributed by atoms with van der Waals surface area (Å²) in [6.07, 6.45) is 4.83. The third-order valence-corrected chi connectivity index (χ3v) is 4.74. The van der Waals surface area contributed by atoms with Crippen molar-refractivity contribution in [3.63, 3.8) is 0 Å². The molecule has 5 rings (SSSR count). The van der Waals surface area contributed by atoms with E-state index in [9.17, 15) is 4.79 Å². The van der Waals surface area contributed by atoms with Crippen LogP contribution in [0.2, 0.25) is 0 Å². The molecule has 2 aromatic heterocycles. The molecule has 128 valence electrons. The van der Waals surface area contributed by atoms with Crippen molar-refractivity contribution in [3.05, 3.63) is 36.3 Å². The van der Waals surface area contributed by atoms with Crippen molar-refractivity contribution in [2.75, 3.05) is 10.6 Å². The summed E-state index contributed by atoms with van der Waals surface area (Å²) in [5.41, 5.74) is 3.30. The van der Waals surface area contributed by atoms with Gasteiger partial charge in [0.15, 0.2) is 17.5 Å². The Labute approximate surface area is 146 Å². The lowest BCUT2D eigenvalue weighted by atomic mass is 10.0. The molecule has 3 heterocycles. The summed E-state index contributed by atoms with van der Waals surface area (Å²) < 4.78 is 0. The molecule has 1 spiro atoms. The van der Waals surface area contributed by atoms with Gasteiger partial charge in [0.25, 0.3) is 5.91 Å². The highest BCUT2D eigenvalue weighted by Gasteiger charge is 2.53. The molecule has 25 heavy (non-hydrogen) atoms. The molecular weight excluding hydrogens is 318 g/mol. The highest BCUT2D eigenvalue weighted by atomic mass is 16.2. The Bertz CT molecular complexity index is 1000. The van der Waals surface area contributed by atoms with Gasteiger partial charge in [-0.2, -0.15) is 5.10 Å². The van der Waals surface area contributed by atoms with Gasteiger partial charge >= 0.3 is 0 Å². The third-order valence-electron chi connectivity index (χ3n) is 4.74. The van der Waals surface area contributed by atoms with Crippen molar-refractivity contribution >= 4 is 17.5 Å². The monoisotopic (exact) mass is 337 g/mol. The summed E-state index contributed by atoms with van der Waals surface area (Å²) in [4.78, 5) is 25.3. The highest BCUT2D eigenvalue weighted by Crippen LogP contribution is 2.44. The fraction of sp³-hybridized carbons (Fsp3) is 0.235. The number of anilines is 2. The molecule has 1 aliphatic heterocycles. The minimum Gasteiger partial charge on any atom is -0.353 e. The van der Waals surface area contributed by atoms with Crippen molar-refractivity contribution in [1.82, 2.24) is 25.1 Å². The predicted molar refractivity (Wildman–Crippen MR) is 96.0 cm³/mol. The summed E-state index contributed by atoms with van der Waals surface area (Å²) >= 11 is 0. The summed E-state index contributed by atoms with van der Waals surface area (Å²) in [6.45, 7) is 2.02. The largest absolute Gasteiger partial charge is 0.353 e. The SMILES string of the molecule is Cc1cc(-c2ncn[nH]2)ccc1-c1cnc2c(n1)NC1(CC1)C(=O)N2.[HH].[HH]. The van der Waals surface area contributed by atoms with Gasteiger partial charge in [-0.15, -0.1) is 0 Å². The Kier molecular flexibility index (Phi) is 2.74. The van der Waals surface area contributed by atoms with Gasteiger partial charge in [-0.25, -0.2) is 15.0 Å². The molecule has 1 amide bonds. The number of H-pyrrole nitrogens is 1. The number of amides is 1. The molecular formula is C17H19N7O. The zero-order valence-corrected chi connectivity index (χ0v) is 13.5. The van der Waals surface area contributed by atoms with Gasteiger partial charge in [0.1, 0.15) is 11.9 Å². The van der Waals surface area contributed by atoms with E-state index in [1.165, 1.54) is 6.33 Å². The molecule has 3 aromatic rings. The van der Waals surface area contributed by atoms with Crippen LogP contribution >= 0.6 is 0 Å². The van der Waals surface area contributed by atoms with Gasteiger partial charge < -0.3 is 10.6 Å². The smallest absolute Gasteiger partial charge is 0.251 e. The number of hydrogen-bond acceptors (Lipinski definition) is 6. The van der Waals surface area contributed by atoms with Gasteiger partial charge in [-0.05, 0) is 31.4 Å². The first-order valence-corrected chi connectivity index (χ1v) is 8.08. The molecule has 8 heteroatoms. The van der Waals surface area contributed by atoms with Crippen LogP contribution in [0.25, 0.3) is 22.6 Å². The number of nitrogens with zero attached hydrogens (tertiary/aromatic N) is 4. The second kappa shape index (κ2) is 4.85. The molecule has 2 aliphatic rings. The normalized spacial score (nSPS) is 16.9. The third kappa shape index (κ3) is 2.18. The molecule has 1 saturated carbocycles. The first kappa shape index (κ1) is 14.1. The molecule has 8 nitrogen and oxygen atoms in total. The number of fused-ring (bicyclic) bond motifs is 1. The molecule has 1 aromatic carbocycles. The fourth-order valence-corrected chi connectivity index (χ4v) is 3.13. The first-order chi connectivity index (χ1) is 12.1. The average Bonchev–Trinajstić information content (AvgIpc) is 3.17. The molecule has 0 radical (unpaired) electrons. The lowest BCUT2D eigenvalue weighted by molar-refractivity contribution is -0.117. The topological polar surface area (TPSA) is 108 Å². The van der Waals surface area contributed by atoms with Crippen LogP contribution in [0.5, 0.6) is 0 Å². The molecule has 1 aliphatic carbocycles. The van der Waals surface area contributed by atoms with Gasteiger partial charge in [-0.1, -0.05) is 12.1 Å². The molecule has 0 bridgehead atoms. The van der Waals surface area contributed by atoms with Crippen molar-refractivity contribution in [2.24, 2.45) is 0 Å². The number of carbonyl (C=O) groups is 1. The Hall–Kier alpha value is -3.29. The predicted octanol–water partition coefficient (Wildman–Crippen LogP) is 2.63. The van der Waals surface area contributed by atoms with E-state index in [0.717, 1.165) is 41.1 Å². The van der Waals surface area contributed by atoms with Crippen molar-refractivity contribution < 1.29 is 7.65 Å². The lowest BCUT2D eigenvalue weighted by Crippen LogP contribution is -2.41. The maximum atomic E-state index is 12.0. The fourth-order valence-electron chi connectivity index (χ4n) is 3.13. The Balaban J connectivity index is 0.00000105. The Morgan fingerprint density at radius 2 is 2.08 bits per heavy atom. The summed E-state index contributed by atoms with van der Waals surface area (Å²) in [5.74, 6) is 1.83. The number of rotatable bonds is 2. The van der Waals surface area contributed by atoms with E-state index in [-0.39, 0.29) is 8.76 Å². The van der Waals surface area contributed by atoms with E-state index in [4.69, 9.17) is 0 Å². The number of carbonyl (C=O) groups excluding carboxylic acids is 1. The molecule has 0 atom stereocenters. The van der Waals surface area contributed by atoms with E-state index < -0.39 is 5.54 Å². The zero-order valence-electron chi connectivity index (χ0n) is 13.5. The van der Waals surface area contributed by atoms with E-state index >= 15 is 0 Å². The summed E-state index contributed by atoms with van der Waals surface area (Å²) in [5, 5.41) is 12.8. The van der Waals surface area contributed by atoms with E-state index in [1.807, 2.05) is 25.1 Å². The second-order valence-electron chi connectivity index (χ2n) is 6.48. The highest BCUT2D eigenvalue weighted by molar-refractivity contribution is 6.06. The van der Waals surface area contributed by atoms with Crippen LogP contribution in [0.15, 0.2) is 30.7 Å². The maximum Gasteiger partial charge on any atom is 0.251 e. The number of nitrogens with one attached hydrogen (secondary N) is 3. The first-order valence-electron chi connectivity index (χ1n) is 8.08. The minimum absolute atomic E-state index is 0. The van der Waals surface area contributed by atoms with Crippen LogP contribution in [-0.4, -0.2) is 36.6 Å². The number of aromatic nitrogens is 5. The maximum absolute atomic E-state index is 12.0. The molecule has 1 fully saturated rings. The van der Waals surface area contributed by atoms with Crippen molar-refractivity contribution in [2.45, 2.75) is 25.3 Å². The summed E-state index contributed by atoms with van der Waals surface area (Å²) in [6, 6.07) is 6.01. The number of benzene rings is 1. The van der Waals surface area contributed by atoms with Crippen molar-refractivity contribution in [1.29, 1.82) is 0 Å². The van der Waals surface area contributed by atoms with Crippen LogP contribution in [0.3, 0.4) is 0 Å². The van der Waals surface area contributed by atoms with E-state index in [1.54, 1.807) is 6.20 Å². The second-order valence-corrected chi connectivity index (χ2v) is 6.48.